The third-order valence-corrected chi connectivity index (χ3v) is 2.20. The van der Waals surface area contributed by atoms with E-state index in [4.69, 9.17) is 4.74 Å². The first-order valence-corrected chi connectivity index (χ1v) is 5.48. The molecule has 6 nitrogen and oxygen atoms in total. The molecule has 1 aromatic rings. The van der Waals surface area contributed by atoms with Crippen LogP contribution >= 0.6 is 0 Å². The smallest absolute Gasteiger partial charge is 0.239 e. The van der Waals surface area contributed by atoms with Crippen LogP contribution in [0.2, 0.25) is 0 Å². The minimum absolute atomic E-state index is 0.0675. The summed E-state index contributed by atoms with van der Waals surface area (Å²) >= 11 is 0. The zero-order chi connectivity index (χ0) is 12.8. The van der Waals surface area contributed by atoms with Crippen LogP contribution in [0.25, 0.3) is 0 Å². The van der Waals surface area contributed by atoms with Gasteiger partial charge in [0.1, 0.15) is 11.6 Å². The SMILES string of the molecule is CCNC(=O)CNc1nc(C)nc(OC)c1C. The van der Waals surface area contributed by atoms with Crippen molar-refractivity contribution in [2.24, 2.45) is 0 Å². The minimum atomic E-state index is -0.0675. The van der Waals surface area contributed by atoms with Gasteiger partial charge in [-0.25, -0.2) is 4.98 Å². The van der Waals surface area contributed by atoms with E-state index in [1.807, 2.05) is 13.8 Å². The number of nitrogens with zero attached hydrogens (tertiary/aromatic N) is 2. The zero-order valence-electron chi connectivity index (χ0n) is 10.6. The summed E-state index contributed by atoms with van der Waals surface area (Å²) in [4.78, 5) is 19.7. The van der Waals surface area contributed by atoms with Crippen molar-refractivity contribution in [3.05, 3.63) is 11.4 Å². The first-order chi connectivity index (χ1) is 8.08. The average Bonchev–Trinajstić information content (AvgIpc) is 2.30. The standard InChI is InChI=1S/C11H18N4O2/c1-5-12-9(16)6-13-10-7(2)11(17-4)15-8(3)14-10/h5-6H2,1-4H3,(H,12,16)(H,13,14,15). The molecule has 0 aliphatic carbocycles. The first-order valence-electron chi connectivity index (χ1n) is 5.48. The maximum absolute atomic E-state index is 11.3. The molecule has 1 aromatic heterocycles. The Hall–Kier alpha value is -1.85. The van der Waals surface area contributed by atoms with Gasteiger partial charge in [-0.1, -0.05) is 0 Å². The molecule has 0 bridgehead atoms. The summed E-state index contributed by atoms with van der Waals surface area (Å²) in [6.07, 6.45) is 0. The molecule has 1 amide bonds. The molecule has 94 valence electrons. The molecule has 0 fully saturated rings. The van der Waals surface area contributed by atoms with Crippen LogP contribution in [0.4, 0.5) is 5.82 Å². The number of ether oxygens (including phenoxy) is 1. The fraction of sp³-hybridized carbons (Fsp3) is 0.545. The largest absolute Gasteiger partial charge is 0.481 e. The summed E-state index contributed by atoms with van der Waals surface area (Å²) in [7, 11) is 1.56. The lowest BCUT2D eigenvalue weighted by Gasteiger charge is -2.11. The first kappa shape index (κ1) is 13.2. The van der Waals surface area contributed by atoms with E-state index in [0.717, 1.165) is 5.56 Å². The van der Waals surface area contributed by atoms with Crippen LogP contribution in [0.15, 0.2) is 0 Å². The van der Waals surface area contributed by atoms with E-state index in [0.29, 0.717) is 24.1 Å². The number of hydrogen-bond donors (Lipinski definition) is 2. The van der Waals surface area contributed by atoms with E-state index in [-0.39, 0.29) is 12.5 Å². The Balaban J connectivity index is 2.77. The lowest BCUT2D eigenvalue weighted by atomic mass is 10.3. The fourth-order valence-electron chi connectivity index (χ4n) is 1.40. The van der Waals surface area contributed by atoms with E-state index in [2.05, 4.69) is 20.6 Å². The molecule has 6 heteroatoms. The number of amides is 1. The highest BCUT2D eigenvalue weighted by Crippen LogP contribution is 2.20. The van der Waals surface area contributed by atoms with Crippen molar-refractivity contribution < 1.29 is 9.53 Å². The normalized spacial score (nSPS) is 9.88. The topological polar surface area (TPSA) is 76.1 Å². The Morgan fingerprint density at radius 1 is 1.35 bits per heavy atom. The van der Waals surface area contributed by atoms with Crippen molar-refractivity contribution in [3.8, 4) is 5.88 Å². The van der Waals surface area contributed by atoms with Gasteiger partial charge in [-0.2, -0.15) is 4.98 Å². The van der Waals surface area contributed by atoms with E-state index in [9.17, 15) is 4.79 Å². The van der Waals surface area contributed by atoms with E-state index in [1.54, 1.807) is 14.0 Å². The van der Waals surface area contributed by atoms with Gasteiger partial charge < -0.3 is 15.4 Å². The number of rotatable bonds is 5. The molecular formula is C11H18N4O2. The third kappa shape index (κ3) is 3.58. The van der Waals surface area contributed by atoms with E-state index in [1.165, 1.54) is 0 Å². The number of hydrogen-bond acceptors (Lipinski definition) is 5. The van der Waals surface area contributed by atoms with Crippen LogP contribution in [0.5, 0.6) is 5.88 Å². The molecule has 0 aliphatic rings. The molecule has 1 heterocycles. The van der Waals surface area contributed by atoms with E-state index >= 15 is 0 Å². The van der Waals surface area contributed by atoms with Gasteiger partial charge in [-0.3, -0.25) is 4.79 Å². The molecular weight excluding hydrogens is 220 g/mol. The van der Waals surface area contributed by atoms with Crippen LogP contribution in [-0.4, -0.2) is 36.1 Å². The van der Waals surface area contributed by atoms with Crippen molar-refractivity contribution in [3.63, 3.8) is 0 Å². The van der Waals surface area contributed by atoms with Crippen LogP contribution < -0.4 is 15.4 Å². The van der Waals surface area contributed by atoms with Crippen LogP contribution in [0, 0.1) is 13.8 Å². The van der Waals surface area contributed by atoms with Gasteiger partial charge in [-0.15, -0.1) is 0 Å². The van der Waals surface area contributed by atoms with E-state index < -0.39 is 0 Å². The summed E-state index contributed by atoms with van der Waals surface area (Å²) < 4.78 is 5.13. The molecule has 17 heavy (non-hydrogen) atoms. The lowest BCUT2D eigenvalue weighted by molar-refractivity contribution is -0.119. The molecule has 0 radical (unpaired) electrons. The molecule has 0 saturated heterocycles. The summed E-state index contributed by atoms with van der Waals surface area (Å²) in [5, 5.41) is 5.67. The molecule has 0 spiro atoms. The second-order valence-electron chi connectivity index (χ2n) is 3.56. The number of nitrogens with one attached hydrogen (secondary N) is 2. The van der Waals surface area contributed by atoms with Gasteiger partial charge in [0, 0.05) is 6.54 Å². The van der Waals surface area contributed by atoms with Crippen molar-refractivity contribution in [2.45, 2.75) is 20.8 Å². The zero-order valence-corrected chi connectivity index (χ0v) is 10.6. The molecule has 0 aliphatic heterocycles. The van der Waals surface area contributed by atoms with Gasteiger partial charge in [0.15, 0.2) is 0 Å². The predicted octanol–water partition coefficient (Wildman–Crippen LogP) is 0.650. The maximum atomic E-state index is 11.3. The molecule has 1 rings (SSSR count). The predicted molar refractivity (Wildman–Crippen MR) is 65.2 cm³/mol. The Kier molecular flexibility index (Phi) is 4.68. The highest BCUT2D eigenvalue weighted by atomic mass is 16.5. The average molecular weight is 238 g/mol. The van der Waals surface area contributed by atoms with Crippen molar-refractivity contribution >= 4 is 11.7 Å². The number of methoxy groups -OCH3 is 1. The Morgan fingerprint density at radius 2 is 2.06 bits per heavy atom. The Bertz CT molecular complexity index is 407. The van der Waals surface area contributed by atoms with Crippen LogP contribution in [0.1, 0.15) is 18.3 Å². The number of aryl methyl sites for hydroxylation is 1. The summed E-state index contributed by atoms with van der Waals surface area (Å²) in [6, 6.07) is 0. The minimum Gasteiger partial charge on any atom is -0.481 e. The molecule has 2 N–H and O–H groups in total. The van der Waals surface area contributed by atoms with Gasteiger partial charge in [0.05, 0.1) is 19.2 Å². The number of anilines is 1. The maximum Gasteiger partial charge on any atom is 0.239 e. The number of carbonyl (C=O) groups excluding carboxylic acids is 1. The quantitative estimate of drug-likeness (QED) is 0.787. The fourth-order valence-corrected chi connectivity index (χ4v) is 1.40. The van der Waals surface area contributed by atoms with Crippen LogP contribution in [-0.2, 0) is 4.79 Å². The highest BCUT2D eigenvalue weighted by Gasteiger charge is 2.10. The molecule has 0 saturated carbocycles. The van der Waals surface area contributed by atoms with Gasteiger partial charge in [-0.05, 0) is 20.8 Å². The molecule has 0 unspecified atom stereocenters. The van der Waals surface area contributed by atoms with Gasteiger partial charge >= 0.3 is 0 Å². The lowest BCUT2D eigenvalue weighted by Crippen LogP contribution is -2.29. The van der Waals surface area contributed by atoms with Gasteiger partial charge in [0.2, 0.25) is 11.8 Å². The monoisotopic (exact) mass is 238 g/mol. The number of carbonyl (C=O) groups is 1. The van der Waals surface area contributed by atoms with Crippen molar-refractivity contribution in [1.29, 1.82) is 0 Å². The van der Waals surface area contributed by atoms with Gasteiger partial charge in [0.25, 0.3) is 0 Å². The summed E-state index contributed by atoms with van der Waals surface area (Å²) in [5.41, 5.74) is 0.794. The van der Waals surface area contributed by atoms with Crippen LogP contribution in [0.3, 0.4) is 0 Å². The molecule has 0 atom stereocenters. The highest BCUT2D eigenvalue weighted by molar-refractivity contribution is 5.80. The summed E-state index contributed by atoms with van der Waals surface area (Å²) in [6.45, 7) is 6.30. The Labute approximate surface area is 101 Å². The third-order valence-electron chi connectivity index (χ3n) is 2.20. The Morgan fingerprint density at radius 3 is 2.65 bits per heavy atom. The summed E-state index contributed by atoms with van der Waals surface area (Å²) in [5.74, 6) is 1.68. The van der Waals surface area contributed by atoms with Crippen molar-refractivity contribution in [2.75, 3.05) is 25.5 Å². The van der Waals surface area contributed by atoms with Crippen molar-refractivity contribution in [1.82, 2.24) is 15.3 Å². The number of likely N-dealkylation sites (N-methyl/N-ethyl adjacent to an activating group) is 1. The second kappa shape index (κ2) is 6.03. The number of aromatic nitrogens is 2. The molecule has 0 aromatic carbocycles. The second-order valence-corrected chi connectivity index (χ2v) is 3.56.